The number of hydrogen-bond donors (Lipinski definition) is 2. The molecule has 0 spiro atoms. The maximum atomic E-state index is 11.9. The SMILES string of the molecule is CNCc1ccc(NC(=O)CCC2CCCCO2)cc1.Cl. The molecule has 118 valence electrons. The molecule has 1 aromatic rings. The maximum absolute atomic E-state index is 11.9. The summed E-state index contributed by atoms with van der Waals surface area (Å²) in [4.78, 5) is 11.9. The van der Waals surface area contributed by atoms with Crippen LogP contribution >= 0.6 is 12.4 Å². The van der Waals surface area contributed by atoms with Gasteiger partial charge in [0, 0.05) is 25.3 Å². The van der Waals surface area contributed by atoms with Crippen molar-refractivity contribution >= 4 is 24.0 Å². The van der Waals surface area contributed by atoms with E-state index in [1.807, 2.05) is 31.3 Å². The Balaban J connectivity index is 0.00000220. The number of anilines is 1. The lowest BCUT2D eigenvalue weighted by Gasteiger charge is -2.22. The second kappa shape index (κ2) is 9.77. The van der Waals surface area contributed by atoms with Gasteiger partial charge in [0.2, 0.25) is 5.91 Å². The highest BCUT2D eigenvalue weighted by atomic mass is 35.5. The number of hydrogen-bond acceptors (Lipinski definition) is 3. The number of rotatable bonds is 6. The molecule has 1 heterocycles. The summed E-state index contributed by atoms with van der Waals surface area (Å²) in [6.07, 6.45) is 5.09. The second-order valence-corrected chi connectivity index (χ2v) is 5.30. The smallest absolute Gasteiger partial charge is 0.224 e. The van der Waals surface area contributed by atoms with E-state index in [0.29, 0.717) is 6.42 Å². The van der Waals surface area contributed by atoms with Gasteiger partial charge in [-0.1, -0.05) is 12.1 Å². The molecule has 21 heavy (non-hydrogen) atoms. The summed E-state index contributed by atoms with van der Waals surface area (Å²) in [6.45, 7) is 1.69. The summed E-state index contributed by atoms with van der Waals surface area (Å²) >= 11 is 0. The fourth-order valence-corrected chi connectivity index (χ4v) is 2.46. The molecule has 1 aliphatic heterocycles. The molecule has 1 aromatic carbocycles. The summed E-state index contributed by atoms with van der Waals surface area (Å²) in [5.74, 6) is 0.0699. The summed E-state index contributed by atoms with van der Waals surface area (Å²) in [5.41, 5.74) is 2.07. The highest BCUT2D eigenvalue weighted by Crippen LogP contribution is 2.17. The molecule has 1 unspecified atom stereocenters. The molecule has 4 nitrogen and oxygen atoms in total. The average Bonchev–Trinajstić information content (AvgIpc) is 2.49. The number of ether oxygens (including phenoxy) is 1. The molecule has 1 aliphatic rings. The third-order valence-corrected chi connectivity index (χ3v) is 3.59. The molecule has 1 amide bonds. The fourth-order valence-electron chi connectivity index (χ4n) is 2.46. The monoisotopic (exact) mass is 312 g/mol. The number of halogens is 1. The Hall–Kier alpha value is -1.10. The predicted molar refractivity (Wildman–Crippen MR) is 87.9 cm³/mol. The van der Waals surface area contributed by atoms with Gasteiger partial charge in [-0.25, -0.2) is 0 Å². The van der Waals surface area contributed by atoms with Gasteiger partial charge >= 0.3 is 0 Å². The van der Waals surface area contributed by atoms with Crippen LogP contribution in [-0.2, 0) is 16.1 Å². The van der Waals surface area contributed by atoms with Gasteiger partial charge in [-0.2, -0.15) is 0 Å². The van der Waals surface area contributed by atoms with Gasteiger partial charge in [-0.15, -0.1) is 12.4 Å². The minimum absolute atomic E-state index is 0. The molecule has 1 atom stereocenters. The van der Waals surface area contributed by atoms with Gasteiger partial charge in [0.1, 0.15) is 0 Å². The number of amides is 1. The molecule has 1 saturated heterocycles. The Bertz CT molecular complexity index is 417. The zero-order chi connectivity index (χ0) is 14.2. The highest BCUT2D eigenvalue weighted by molar-refractivity contribution is 5.90. The van der Waals surface area contributed by atoms with E-state index in [2.05, 4.69) is 10.6 Å². The van der Waals surface area contributed by atoms with E-state index in [1.54, 1.807) is 0 Å². The van der Waals surface area contributed by atoms with Gasteiger partial charge in [0.15, 0.2) is 0 Å². The molecular formula is C16H25ClN2O2. The minimum atomic E-state index is 0. The lowest BCUT2D eigenvalue weighted by atomic mass is 10.0. The van der Waals surface area contributed by atoms with Gasteiger partial charge < -0.3 is 15.4 Å². The number of benzene rings is 1. The number of carbonyl (C=O) groups is 1. The first-order valence-corrected chi connectivity index (χ1v) is 7.43. The van der Waals surface area contributed by atoms with Crippen molar-refractivity contribution in [3.63, 3.8) is 0 Å². The van der Waals surface area contributed by atoms with Crippen molar-refractivity contribution in [2.75, 3.05) is 19.0 Å². The third kappa shape index (κ3) is 6.46. The first-order chi connectivity index (χ1) is 9.78. The van der Waals surface area contributed by atoms with E-state index in [0.717, 1.165) is 38.1 Å². The number of carbonyl (C=O) groups excluding carboxylic acids is 1. The Labute approximate surface area is 133 Å². The van der Waals surface area contributed by atoms with Gasteiger partial charge in [0.25, 0.3) is 0 Å². The Morgan fingerprint density at radius 3 is 2.67 bits per heavy atom. The van der Waals surface area contributed by atoms with Crippen molar-refractivity contribution < 1.29 is 9.53 Å². The zero-order valence-electron chi connectivity index (χ0n) is 12.6. The van der Waals surface area contributed by atoms with Gasteiger partial charge in [-0.05, 0) is 50.4 Å². The lowest BCUT2D eigenvalue weighted by Crippen LogP contribution is -2.21. The van der Waals surface area contributed by atoms with Crippen LogP contribution in [0.4, 0.5) is 5.69 Å². The van der Waals surface area contributed by atoms with E-state index in [1.165, 1.54) is 12.0 Å². The van der Waals surface area contributed by atoms with Crippen LogP contribution in [0.5, 0.6) is 0 Å². The molecule has 5 heteroatoms. The molecular weight excluding hydrogens is 288 g/mol. The topological polar surface area (TPSA) is 50.4 Å². The Morgan fingerprint density at radius 1 is 1.29 bits per heavy atom. The fraction of sp³-hybridized carbons (Fsp3) is 0.562. The summed E-state index contributed by atoms with van der Waals surface area (Å²) in [5, 5.41) is 6.04. The van der Waals surface area contributed by atoms with Crippen LogP contribution in [0.25, 0.3) is 0 Å². The van der Waals surface area contributed by atoms with Crippen LogP contribution < -0.4 is 10.6 Å². The van der Waals surface area contributed by atoms with Crippen LogP contribution in [0.2, 0.25) is 0 Å². The van der Waals surface area contributed by atoms with Crippen LogP contribution in [0.3, 0.4) is 0 Å². The standard InChI is InChI=1S/C16H24N2O2.ClH/c1-17-12-13-5-7-14(8-6-13)18-16(19)10-9-15-4-2-3-11-20-15;/h5-8,15,17H,2-4,9-12H2,1H3,(H,18,19);1H. The molecule has 0 aromatic heterocycles. The van der Waals surface area contributed by atoms with Crippen molar-refractivity contribution in [3.05, 3.63) is 29.8 Å². The summed E-state index contributed by atoms with van der Waals surface area (Å²) in [7, 11) is 1.92. The van der Waals surface area contributed by atoms with Gasteiger partial charge in [0.05, 0.1) is 6.10 Å². The van der Waals surface area contributed by atoms with E-state index < -0.39 is 0 Å². The molecule has 0 bridgehead atoms. The molecule has 0 aliphatic carbocycles. The zero-order valence-corrected chi connectivity index (χ0v) is 13.4. The van der Waals surface area contributed by atoms with E-state index >= 15 is 0 Å². The summed E-state index contributed by atoms with van der Waals surface area (Å²) in [6, 6.07) is 7.94. The van der Waals surface area contributed by atoms with Crippen molar-refractivity contribution in [1.29, 1.82) is 0 Å². The predicted octanol–water partition coefficient (Wildman–Crippen LogP) is 3.12. The Morgan fingerprint density at radius 2 is 2.05 bits per heavy atom. The molecule has 0 saturated carbocycles. The molecule has 2 N–H and O–H groups in total. The van der Waals surface area contributed by atoms with E-state index in [-0.39, 0.29) is 24.4 Å². The number of nitrogens with one attached hydrogen (secondary N) is 2. The van der Waals surface area contributed by atoms with Crippen LogP contribution in [0, 0.1) is 0 Å². The van der Waals surface area contributed by atoms with Crippen molar-refractivity contribution in [2.24, 2.45) is 0 Å². The van der Waals surface area contributed by atoms with Crippen LogP contribution in [0.1, 0.15) is 37.7 Å². The highest BCUT2D eigenvalue weighted by Gasteiger charge is 2.15. The van der Waals surface area contributed by atoms with Crippen molar-refractivity contribution in [3.8, 4) is 0 Å². The van der Waals surface area contributed by atoms with Crippen molar-refractivity contribution in [2.45, 2.75) is 44.8 Å². The quantitative estimate of drug-likeness (QED) is 0.848. The van der Waals surface area contributed by atoms with Crippen LogP contribution in [0.15, 0.2) is 24.3 Å². The second-order valence-electron chi connectivity index (χ2n) is 5.30. The van der Waals surface area contributed by atoms with E-state index in [4.69, 9.17) is 4.74 Å². The normalized spacial score (nSPS) is 17.9. The molecule has 2 rings (SSSR count). The average molecular weight is 313 g/mol. The first-order valence-electron chi connectivity index (χ1n) is 7.43. The van der Waals surface area contributed by atoms with Crippen LogP contribution in [-0.4, -0.2) is 25.7 Å². The maximum Gasteiger partial charge on any atom is 0.224 e. The Kier molecular flexibility index (Phi) is 8.35. The third-order valence-electron chi connectivity index (χ3n) is 3.59. The summed E-state index contributed by atoms with van der Waals surface area (Å²) < 4.78 is 5.63. The largest absolute Gasteiger partial charge is 0.378 e. The lowest BCUT2D eigenvalue weighted by molar-refractivity contribution is -0.117. The van der Waals surface area contributed by atoms with E-state index in [9.17, 15) is 4.79 Å². The van der Waals surface area contributed by atoms with Crippen molar-refractivity contribution in [1.82, 2.24) is 5.32 Å². The first kappa shape index (κ1) is 18.0. The minimum Gasteiger partial charge on any atom is -0.378 e. The van der Waals surface area contributed by atoms with Gasteiger partial charge in [-0.3, -0.25) is 4.79 Å². The molecule has 0 radical (unpaired) electrons. The molecule has 1 fully saturated rings.